The number of nitrogens with two attached hydrogens (primary N) is 1. The molecule has 3 N–H and O–H groups in total. The average molecular weight is 305 g/mol. The molecule has 0 spiro atoms. The number of nitrogen functional groups attached to an aromatic ring is 1. The van der Waals surface area contributed by atoms with Crippen molar-refractivity contribution in [1.82, 2.24) is 4.90 Å². The van der Waals surface area contributed by atoms with Crippen molar-refractivity contribution in [3.63, 3.8) is 0 Å². The van der Waals surface area contributed by atoms with Crippen molar-refractivity contribution in [3.8, 4) is 5.75 Å². The van der Waals surface area contributed by atoms with E-state index in [1.54, 1.807) is 25.3 Å². The van der Waals surface area contributed by atoms with Gasteiger partial charge in [-0.1, -0.05) is 13.8 Å². The Balaban J connectivity index is 2.06. The first-order valence-corrected chi connectivity index (χ1v) is 8.03. The van der Waals surface area contributed by atoms with E-state index in [1.807, 2.05) is 0 Å². The second-order valence-corrected chi connectivity index (χ2v) is 6.09. The monoisotopic (exact) mass is 305 g/mol. The summed E-state index contributed by atoms with van der Waals surface area (Å²) in [5, 5.41) is 2.99. The number of ether oxygens (including phenoxy) is 1. The van der Waals surface area contributed by atoms with Crippen LogP contribution in [0.25, 0.3) is 0 Å². The van der Waals surface area contributed by atoms with Crippen LogP contribution in [0.1, 0.15) is 33.1 Å². The molecule has 1 aliphatic heterocycles. The molecule has 0 bridgehead atoms. The third-order valence-electron chi connectivity index (χ3n) is 4.43. The van der Waals surface area contributed by atoms with E-state index in [0.717, 1.165) is 38.3 Å². The summed E-state index contributed by atoms with van der Waals surface area (Å²) >= 11 is 0. The lowest BCUT2D eigenvalue weighted by Crippen LogP contribution is -2.47. The van der Waals surface area contributed by atoms with E-state index in [4.69, 9.17) is 10.5 Å². The van der Waals surface area contributed by atoms with Crippen LogP contribution in [0.3, 0.4) is 0 Å². The number of likely N-dealkylation sites (tertiary alicyclic amines) is 1. The standard InChI is InChI=1S/C17H27N3O2/c1-4-15(20-9-7-12(2)8-10-20)17(21)19-14-6-5-13(18)11-16(14)22-3/h5-6,11-12,15H,4,7-10,18H2,1-3H3,(H,19,21). The summed E-state index contributed by atoms with van der Waals surface area (Å²) in [6.45, 7) is 6.32. The van der Waals surface area contributed by atoms with Crippen LogP contribution in [0.4, 0.5) is 11.4 Å². The zero-order chi connectivity index (χ0) is 16.1. The van der Waals surface area contributed by atoms with Gasteiger partial charge in [-0.25, -0.2) is 0 Å². The van der Waals surface area contributed by atoms with E-state index >= 15 is 0 Å². The smallest absolute Gasteiger partial charge is 0.241 e. The van der Waals surface area contributed by atoms with Crippen molar-refractivity contribution >= 4 is 17.3 Å². The summed E-state index contributed by atoms with van der Waals surface area (Å²) in [6, 6.07) is 5.19. The van der Waals surface area contributed by atoms with Crippen LogP contribution < -0.4 is 15.8 Å². The van der Waals surface area contributed by atoms with Gasteiger partial charge in [-0.2, -0.15) is 0 Å². The second-order valence-electron chi connectivity index (χ2n) is 6.09. The lowest BCUT2D eigenvalue weighted by molar-refractivity contribution is -0.122. The predicted molar refractivity (Wildman–Crippen MR) is 90.1 cm³/mol. The van der Waals surface area contributed by atoms with Crippen LogP contribution in [0.2, 0.25) is 0 Å². The van der Waals surface area contributed by atoms with Gasteiger partial charge in [0.25, 0.3) is 0 Å². The minimum absolute atomic E-state index is 0.0279. The first kappa shape index (κ1) is 16.6. The summed E-state index contributed by atoms with van der Waals surface area (Å²) in [6.07, 6.45) is 3.13. The summed E-state index contributed by atoms with van der Waals surface area (Å²) in [5.74, 6) is 1.38. The van der Waals surface area contributed by atoms with Gasteiger partial charge in [-0.05, 0) is 50.4 Å². The van der Waals surface area contributed by atoms with E-state index in [2.05, 4.69) is 24.1 Å². The van der Waals surface area contributed by atoms with Crippen molar-refractivity contribution in [2.24, 2.45) is 5.92 Å². The summed E-state index contributed by atoms with van der Waals surface area (Å²) < 4.78 is 5.29. The number of carbonyl (C=O) groups is 1. The third kappa shape index (κ3) is 3.91. The molecule has 5 heteroatoms. The molecule has 5 nitrogen and oxygen atoms in total. The van der Waals surface area contributed by atoms with Gasteiger partial charge in [0.2, 0.25) is 5.91 Å². The molecule has 2 rings (SSSR count). The molecular formula is C17H27N3O2. The Morgan fingerprint density at radius 3 is 2.73 bits per heavy atom. The van der Waals surface area contributed by atoms with Crippen molar-refractivity contribution < 1.29 is 9.53 Å². The quantitative estimate of drug-likeness (QED) is 0.821. The Morgan fingerprint density at radius 1 is 1.45 bits per heavy atom. The van der Waals surface area contributed by atoms with Crippen LogP contribution in [0, 0.1) is 5.92 Å². The Labute approximate surface area is 132 Å². The maximum absolute atomic E-state index is 12.6. The molecule has 1 amide bonds. The molecule has 1 aliphatic rings. The van der Waals surface area contributed by atoms with Crippen molar-refractivity contribution in [1.29, 1.82) is 0 Å². The molecule has 122 valence electrons. The number of hydrogen-bond donors (Lipinski definition) is 2. The first-order chi connectivity index (χ1) is 10.5. The Morgan fingerprint density at radius 2 is 2.14 bits per heavy atom. The van der Waals surface area contributed by atoms with E-state index < -0.39 is 0 Å². The molecule has 0 saturated carbocycles. The fourth-order valence-corrected chi connectivity index (χ4v) is 2.98. The van der Waals surface area contributed by atoms with Gasteiger partial charge in [-0.15, -0.1) is 0 Å². The number of amides is 1. The number of nitrogens with one attached hydrogen (secondary N) is 1. The zero-order valence-corrected chi connectivity index (χ0v) is 13.8. The average Bonchev–Trinajstić information content (AvgIpc) is 2.51. The van der Waals surface area contributed by atoms with E-state index in [-0.39, 0.29) is 11.9 Å². The molecular weight excluding hydrogens is 278 g/mol. The molecule has 1 unspecified atom stereocenters. The third-order valence-corrected chi connectivity index (χ3v) is 4.43. The molecule has 1 aromatic rings. The van der Waals surface area contributed by atoms with Crippen LogP contribution >= 0.6 is 0 Å². The zero-order valence-electron chi connectivity index (χ0n) is 13.8. The molecule has 1 atom stereocenters. The molecule has 1 heterocycles. The lowest BCUT2D eigenvalue weighted by atomic mass is 9.97. The van der Waals surface area contributed by atoms with E-state index in [9.17, 15) is 4.79 Å². The largest absolute Gasteiger partial charge is 0.494 e. The fraction of sp³-hybridized carbons (Fsp3) is 0.588. The number of methoxy groups -OCH3 is 1. The first-order valence-electron chi connectivity index (χ1n) is 8.03. The molecule has 1 fully saturated rings. The van der Waals surface area contributed by atoms with E-state index in [0.29, 0.717) is 17.1 Å². The number of rotatable bonds is 5. The van der Waals surface area contributed by atoms with Crippen LogP contribution in [0.5, 0.6) is 5.75 Å². The SMILES string of the molecule is CCC(C(=O)Nc1ccc(N)cc1OC)N1CCC(C)CC1. The topological polar surface area (TPSA) is 67.6 Å². The van der Waals surface area contributed by atoms with Crippen molar-refractivity contribution in [2.45, 2.75) is 39.2 Å². The van der Waals surface area contributed by atoms with Gasteiger partial charge in [0.1, 0.15) is 5.75 Å². The minimum atomic E-state index is -0.0882. The molecule has 1 saturated heterocycles. The summed E-state index contributed by atoms with van der Waals surface area (Å²) in [4.78, 5) is 14.9. The second kappa shape index (κ2) is 7.49. The van der Waals surface area contributed by atoms with Gasteiger partial charge in [-0.3, -0.25) is 9.69 Å². The van der Waals surface area contributed by atoms with Crippen LogP contribution in [-0.2, 0) is 4.79 Å². The Hall–Kier alpha value is -1.75. The normalized spacial score (nSPS) is 18.0. The summed E-state index contributed by atoms with van der Waals surface area (Å²) in [5.41, 5.74) is 7.04. The van der Waals surface area contributed by atoms with Crippen LogP contribution in [-0.4, -0.2) is 37.0 Å². The molecule has 1 aromatic carbocycles. The maximum atomic E-state index is 12.6. The Bertz CT molecular complexity index is 511. The molecule has 0 aromatic heterocycles. The highest BCUT2D eigenvalue weighted by Gasteiger charge is 2.27. The van der Waals surface area contributed by atoms with Gasteiger partial charge in [0.15, 0.2) is 0 Å². The summed E-state index contributed by atoms with van der Waals surface area (Å²) in [7, 11) is 1.58. The fourth-order valence-electron chi connectivity index (χ4n) is 2.98. The highest BCUT2D eigenvalue weighted by molar-refractivity contribution is 5.96. The number of anilines is 2. The predicted octanol–water partition coefficient (Wildman–Crippen LogP) is 2.73. The maximum Gasteiger partial charge on any atom is 0.241 e. The number of carbonyl (C=O) groups excluding carboxylic acids is 1. The highest BCUT2D eigenvalue weighted by Crippen LogP contribution is 2.27. The Kier molecular flexibility index (Phi) is 5.66. The number of piperidine rings is 1. The molecule has 0 radical (unpaired) electrons. The minimum Gasteiger partial charge on any atom is -0.494 e. The van der Waals surface area contributed by atoms with Crippen molar-refractivity contribution in [3.05, 3.63) is 18.2 Å². The van der Waals surface area contributed by atoms with E-state index in [1.165, 1.54) is 0 Å². The highest BCUT2D eigenvalue weighted by atomic mass is 16.5. The van der Waals surface area contributed by atoms with Crippen molar-refractivity contribution in [2.75, 3.05) is 31.2 Å². The lowest BCUT2D eigenvalue weighted by Gasteiger charge is -2.35. The van der Waals surface area contributed by atoms with Gasteiger partial charge in [0, 0.05) is 11.8 Å². The molecule has 22 heavy (non-hydrogen) atoms. The van der Waals surface area contributed by atoms with Gasteiger partial charge >= 0.3 is 0 Å². The number of hydrogen-bond acceptors (Lipinski definition) is 4. The number of benzene rings is 1. The van der Waals surface area contributed by atoms with Crippen LogP contribution in [0.15, 0.2) is 18.2 Å². The number of nitrogens with zero attached hydrogens (tertiary/aromatic N) is 1. The van der Waals surface area contributed by atoms with Gasteiger partial charge in [0.05, 0.1) is 18.8 Å². The molecule has 0 aliphatic carbocycles. The van der Waals surface area contributed by atoms with Gasteiger partial charge < -0.3 is 15.8 Å².